The van der Waals surface area contributed by atoms with E-state index in [4.69, 9.17) is 11.6 Å². The van der Waals surface area contributed by atoms with Crippen LogP contribution in [-0.4, -0.2) is 28.0 Å². The number of carbonyl (C=O) groups is 1. The Balaban J connectivity index is 2.77. The van der Waals surface area contributed by atoms with Crippen molar-refractivity contribution in [2.75, 3.05) is 5.88 Å². The number of amides is 1. The van der Waals surface area contributed by atoms with Crippen LogP contribution in [-0.2, 0) is 0 Å². The molecule has 1 aromatic carbocycles. The van der Waals surface area contributed by atoms with Gasteiger partial charge in [-0.2, -0.15) is 0 Å². The molecule has 5 heteroatoms. The smallest absolute Gasteiger partial charge is 0.255 e. The van der Waals surface area contributed by atoms with Crippen LogP contribution in [0.2, 0.25) is 0 Å². The highest BCUT2D eigenvalue weighted by atomic mass is 35.5. The minimum Gasteiger partial charge on any atom is -0.508 e. The fourth-order valence-corrected chi connectivity index (χ4v) is 1.90. The molecule has 18 heavy (non-hydrogen) atoms. The summed E-state index contributed by atoms with van der Waals surface area (Å²) < 4.78 is 0. The number of phenols is 2. The van der Waals surface area contributed by atoms with Crippen molar-refractivity contribution >= 4 is 17.5 Å². The van der Waals surface area contributed by atoms with E-state index in [1.54, 1.807) is 0 Å². The molecule has 0 aliphatic rings. The highest BCUT2D eigenvalue weighted by molar-refractivity contribution is 6.18. The van der Waals surface area contributed by atoms with E-state index in [1.165, 1.54) is 18.2 Å². The lowest BCUT2D eigenvalue weighted by atomic mass is 10.0. The number of phenolic OH excluding ortho intramolecular Hbond substituents is 2. The number of alkyl halides is 1. The molecule has 0 heterocycles. The number of benzene rings is 1. The molecule has 0 saturated carbocycles. The maximum absolute atomic E-state index is 11.9. The molecule has 100 valence electrons. The first kappa shape index (κ1) is 14.6. The van der Waals surface area contributed by atoms with Gasteiger partial charge in [0, 0.05) is 11.9 Å². The van der Waals surface area contributed by atoms with Crippen LogP contribution in [0, 0.1) is 5.92 Å². The zero-order valence-corrected chi connectivity index (χ0v) is 11.2. The van der Waals surface area contributed by atoms with Gasteiger partial charge in [-0.3, -0.25) is 4.79 Å². The molecule has 1 unspecified atom stereocenters. The minimum absolute atomic E-state index is 0.0499. The number of nitrogens with one attached hydrogen (secondary N) is 1. The Morgan fingerprint density at radius 2 is 2.06 bits per heavy atom. The van der Waals surface area contributed by atoms with Gasteiger partial charge >= 0.3 is 0 Å². The number of aromatic hydroxyl groups is 2. The summed E-state index contributed by atoms with van der Waals surface area (Å²) >= 11 is 5.79. The predicted octanol–water partition coefficient (Wildman–Crippen LogP) is 2.48. The monoisotopic (exact) mass is 271 g/mol. The van der Waals surface area contributed by atoms with Gasteiger partial charge in [-0.25, -0.2) is 0 Å². The van der Waals surface area contributed by atoms with Crippen LogP contribution in [0.1, 0.15) is 30.6 Å². The lowest BCUT2D eigenvalue weighted by molar-refractivity contribution is 0.0933. The number of halogens is 1. The molecule has 1 aromatic rings. The molecule has 0 aromatic heterocycles. The third-order valence-electron chi connectivity index (χ3n) is 2.50. The summed E-state index contributed by atoms with van der Waals surface area (Å²) in [7, 11) is 0. The van der Waals surface area contributed by atoms with Gasteiger partial charge in [0.25, 0.3) is 5.91 Å². The molecule has 0 aliphatic carbocycles. The third kappa shape index (κ3) is 4.11. The second kappa shape index (κ2) is 6.50. The molecule has 0 aliphatic heterocycles. The van der Waals surface area contributed by atoms with Crippen LogP contribution in [0.25, 0.3) is 0 Å². The van der Waals surface area contributed by atoms with Gasteiger partial charge in [-0.15, -0.1) is 11.6 Å². The first-order valence-corrected chi connectivity index (χ1v) is 6.36. The van der Waals surface area contributed by atoms with Crippen molar-refractivity contribution in [1.82, 2.24) is 5.32 Å². The van der Waals surface area contributed by atoms with Crippen molar-refractivity contribution in [1.29, 1.82) is 0 Å². The molecule has 3 N–H and O–H groups in total. The van der Waals surface area contributed by atoms with Crippen LogP contribution in [0.4, 0.5) is 0 Å². The van der Waals surface area contributed by atoms with Crippen LogP contribution < -0.4 is 5.32 Å². The predicted molar refractivity (Wildman–Crippen MR) is 71.2 cm³/mol. The summed E-state index contributed by atoms with van der Waals surface area (Å²) in [5.74, 6) is 0.0534. The molecular weight excluding hydrogens is 254 g/mol. The average Bonchev–Trinajstić information content (AvgIpc) is 2.30. The summed E-state index contributed by atoms with van der Waals surface area (Å²) in [4.78, 5) is 11.9. The Hall–Kier alpha value is -1.42. The van der Waals surface area contributed by atoms with Gasteiger partial charge in [0.05, 0.1) is 5.56 Å². The van der Waals surface area contributed by atoms with E-state index >= 15 is 0 Å². The number of carbonyl (C=O) groups excluding carboxylic acids is 1. The van der Waals surface area contributed by atoms with Gasteiger partial charge < -0.3 is 15.5 Å². The van der Waals surface area contributed by atoms with E-state index in [9.17, 15) is 15.0 Å². The van der Waals surface area contributed by atoms with Crippen molar-refractivity contribution in [2.24, 2.45) is 5.92 Å². The average molecular weight is 272 g/mol. The van der Waals surface area contributed by atoms with E-state index in [0.717, 1.165) is 6.42 Å². The van der Waals surface area contributed by atoms with Crippen molar-refractivity contribution in [2.45, 2.75) is 26.3 Å². The largest absolute Gasteiger partial charge is 0.508 e. The standard InChI is InChI=1S/C13H18ClNO3/c1-8(2)5-9(7-14)15-13(18)11-6-10(16)3-4-12(11)17/h3-4,6,8-9,16-17H,5,7H2,1-2H3,(H,15,18). The van der Waals surface area contributed by atoms with Crippen LogP contribution in [0.15, 0.2) is 18.2 Å². The summed E-state index contributed by atoms with van der Waals surface area (Å²) in [5, 5.41) is 21.6. The maximum Gasteiger partial charge on any atom is 0.255 e. The van der Waals surface area contributed by atoms with Gasteiger partial charge in [0.2, 0.25) is 0 Å². The molecule has 0 fully saturated rings. The first-order valence-electron chi connectivity index (χ1n) is 5.82. The Morgan fingerprint density at radius 3 is 2.61 bits per heavy atom. The van der Waals surface area contributed by atoms with Crippen LogP contribution in [0.5, 0.6) is 11.5 Å². The second-order valence-corrected chi connectivity index (χ2v) is 4.96. The van der Waals surface area contributed by atoms with E-state index in [2.05, 4.69) is 5.32 Å². The summed E-state index contributed by atoms with van der Waals surface area (Å²) in [6, 6.07) is 3.67. The molecule has 0 saturated heterocycles. The van der Waals surface area contributed by atoms with E-state index in [0.29, 0.717) is 11.8 Å². The highest BCUT2D eigenvalue weighted by Crippen LogP contribution is 2.22. The molecule has 1 amide bonds. The number of hydrogen-bond donors (Lipinski definition) is 3. The SMILES string of the molecule is CC(C)CC(CCl)NC(=O)c1cc(O)ccc1O. The zero-order chi connectivity index (χ0) is 13.7. The molecule has 1 rings (SSSR count). The van der Waals surface area contributed by atoms with Crippen molar-refractivity contribution in [3.05, 3.63) is 23.8 Å². The minimum atomic E-state index is -0.435. The lowest BCUT2D eigenvalue weighted by Crippen LogP contribution is -2.37. The van der Waals surface area contributed by atoms with Gasteiger partial charge in [0.1, 0.15) is 11.5 Å². The lowest BCUT2D eigenvalue weighted by Gasteiger charge is -2.18. The Bertz CT molecular complexity index is 421. The molecule has 0 radical (unpaired) electrons. The second-order valence-electron chi connectivity index (χ2n) is 4.66. The Morgan fingerprint density at radius 1 is 1.39 bits per heavy atom. The first-order chi connectivity index (χ1) is 8.43. The molecule has 0 spiro atoms. The normalized spacial score (nSPS) is 12.4. The zero-order valence-electron chi connectivity index (χ0n) is 10.5. The molecule has 1 atom stereocenters. The molecule has 0 bridgehead atoms. The number of hydrogen-bond acceptors (Lipinski definition) is 3. The highest BCUT2D eigenvalue weighted by Gasteiger charge is 2.17. The van der Waals surface area contributed by atoms with E-state index < -0.39 is 5.91 Å². The van der Waals surface area contributed by atoms with Crippen molar-refractivity contribution in [3.63, 3.8) is 0 Å². The maximum atomic E-state index is 11.9. The van der Waals surface area contributed by atoms with Gasteiger partial charge in [0.15, 0.2) is 0 Å². The fraction of sp³-hybridized carbons (Fsp3) is 0.462. The summed E-state index contributed by atoms with van der Waals surface area (Å²) in [6.45, 7) is 4.08. The van der Waals surface area contributed by atoms with Crippen LogP contribution >= 0.6 is 11.6 Å². The van der Waals surface area contributed by atoms with Gasteiger partial charge in [-0.05, 0) is 30.5 Å². The summed E-state index contributed by atoms with van der Waals surface area (Å²) in [6.07, 6.45) is 0.759. The van der Waals surface area contributed by atoms with Crippen molar-refractivity contribution in [3.8, 4) is 11.5 Å². The fourth-order valence-electron chi connectivity index (χ4n) is 1.70. The Labute approximate surface area is 112 Å². The summed E-state index contributed by atoms with van der Waals surface area (Å²) in [5.41, 5.74) is 0.0499. The molecule has 4 nitrogen and oxygen atoms in total. The quantitative estimate of drug-likeness (QED) is 0.569. The van der Waals surface area contributed by atoms with Crippen molar-refractivity contribution < 1.29 is 15.0 Å². The van der Waals surface area contributed by atoms with Gasteiger partial charge in [-0.1, -0.05) is 13.8 Å². The Kier molecular flexibility index (Phi) is 5.28. The third-order valence-corrected chi connectivity index (χ3v) is 2.87. The molecular formula is C13H18ClNO3. The number of rotatable bonds is 5. The van der Waals surface area contributed by atoms with E-state index in [1.807, 2.05) is 13.8 Å². The van der Waals surface area contributed by atoms with Crippen LogP contribution in [0.3, 0.4) is 0 Å². The van der Waals surface area contributed by atoms with E-state index in [-0.39, 0.29) is 23.1 Å². The topological polar surface area (TPSA) is 69.6 Å².